The molecule has 0 unspecified atom stereocenters. The fourth-order valence-corrected chi connectivity index (χ4v) is 3.18. The second-order valence-corrected chi connectivity index (χ2v) is 7.09. The van der Waals surface area contributed by atoms with E-state index in [1.807, 2.05) is 0 Å². The Hall–Kier alpha value is -0.430. The van der Waals surface area contributed by atoms with Crippen molar-refractivity contribution in [1.29, 1.82) is 0 Å². The normalized spacial score (nSPS) is 12.0. The zero-order valence-electron chi connectivity index (χ0n) is 11.4. The van der Waals surface area contributed by atoms with Gasteiger partial charge in [-0.3, -0.25) is 0 Å². The number of hydrogen-bond acceptors (Lipinski definition) is 2. The van der Waals surface area contributed by atoms with E-state index in [9.17, 15) is 8.42 Å². The topological polar surface area (TPSA) is 50.6 Å². The van der Waals surface area contributed by atoms with Crippen LogP contribution in [-0.2, 0) is 10.0 Å². The SMILES string of the molecule is CC[NH+](CC)CCCNS(=O)(=O)c1ccc(Br)cc1. The molecule has 4 nitrogen and oxygen atoms in total. The summed E-state index contributed by atoms with van der Waals surface area (Å²) in [6, 6.07) is 6.66. The molecule has 2 N–H and O–H groups in total. The Morgan fingerprint density at radius 3 is 2.26 bits per heavy atom. The van der Waals surface area contributed by atoms with Crippen molar-refractivity contribution in [2.45, 2.75) is 25.2 Å². The molecule has 0 saturated heterocycles. The number of sulfonamides is 1. The molecule has 0 aliphatic carbocycles. The zero-order valence-corrected chi connectivity index (χ0v) is 13.9. The highest BCUT2D eigenvalue weighted by molar-refractivity contribution is 9.10. The standard InChI is InChI=1S/C13H21BrN2O2S/c1-3-16(4-2)11-5-10-15-19(17,18)13-8-6-12(14)7-9-13/h6-9,15H,3-5,10-11H2,1-2H3/p+1. The van der Waals surface area contributed by atoms with Crippen LogP contribution in [0.4, 0.5) is 0 Å². The molecular weight excluding hydrogens is 328 g/mol. The van der Waals surface area contributed by atoms with Gasteiger partial charge in [0.1, 0.15) is 0 Å². The first-order valence-electron chi connectivity index (χ1n) is 6.58. The number of quaternary nitrogens is 1. The maximum Gasteiger partial charge on any atom is 0.240 e. The van der Waals surface area contributed by atoms with Crippen molar-refractivity contribution in [3.05, 3.63) is 28.7 Å². The van der Waals surface area contributed by atoms with Crippen molar-refractivity contribution < 1.29 is 13.3 Å². The summed E-state index contributed by atoms with van der Waals surface area (Å²) >= 11 is 3.29. The van der Waals surface area contributed by atoms with E-state index in [-0.39, 0.29) is 0 Å². The van der Waals surface area contributed by atoms with E-state index >= 15 is 0 Å². The summed E-state index contributed by atoms with van der Waals surface area (Å²) in [6.45, 7) is 7.93. The zero-order chi connectivity index (χ0) is 14.3. The van der Waals surface area contributed by atoms with E-state index in [2.05, 4.69) is 34.5 Å². The van der Waals surface area contributed by atoms with Crippen molar-refractivity contribution in [1.82, 2.24) is 4.72 Å². The second-order valence-electron chi connectivity index (χ2n) is 4.41. The van der Waals surface area contributed by atoms with Crippen LogP contribution in [0, 0.1) is 0 Å². The first-order chi connectivity index (χ1) is 8.99. The van der Waals surface area contributed by atoms with Gasteiger partial charge < -0.3 is 4.90 Å². The molecule has 1 aromatic rings. The molecule has 0 radical (unpaired) electrons. The molecule has 6 heteroatoms. The number of benzene rings is 1. The van der Waals surface area contributed by atoms with Crippen molar-refractivity contribution in [2.24, 2.45) is 0 Å². The second kappa shape index (κ2) is 7.99. The summed E-state index contributed by atoms with van der Waals surface area (Å²) in [7, 11) is -3.37. The summed E-state index contributed by atoms with van der Waals surface area (Å²) in [4.78, 5) is 1.80. The molecular formula is C13H22BrN2O2S+. The summed E-state index contributed by atoms with van der Waals surface area (Å²) in [5.41, 5.74) is 0. The van der Waals surface area contributed by atoms with E-state index < -0.39 is 10.0 Å². The molecule has 1 aromatic carbocycles. The molecule has 0 bridgehead atoms. The van der Waals surface area contributed by atoms with Crippen LogP contribution < -0.4 is 9.62 Å². The number of rotatable bonds is 8. The Bertz CT molecular complexity index is 470. The van der Waals surface area contributed by atoms with E-state index in [0.717, 1.165) is 30.5 Å². The first kappa shape index (κ1) is 16.6. The van der Waals surface area contributed by atoms with Gasteiger partial charge in [0.2, 0.25) is 10.0 Å². The van der Waals surface area contributed by atoms with E-state index in [1.54, 1.807) is 24.3 Å². The van der Waals surface area contributed by atoms with Crippen LogP contribution in [0.3, 0.4) is 0 Å². The van der Waals surface area contributed by atoms with Gasteiger partial charge in [-0.1, -0.05) is 15.9 Å². The van der Waals surface area contributed by atoms with Crippen molar-refractivity contribution in [3.63, 3.8) is 0 Å². The van der Waals surface area contributed by atoms with Gasteiger partial charge in [0, 0.05) is 17.4 Å². The first-order valence-corrected chi connectivity index (χ1v) is 8.86. The van der Waals surface area contributed by atoms with E-state index in [1.165, 1.54) is 4.90 Å². The van der Waals surface area contributed by atoms with Gasteiger partial charge in [0.05, 0.1) is 24.5 Å². The summed E-state index contributed by atoms with van der Waals surface area (Å²) < 4.78 is 27.5. The Morgan fingerprint density at radius 1 is 1.16 bits per heavy atom. The van der Waals surface area contributed by atoms with Crippen molar-refractivity contribution >= 4 is 26.0 Å². The third kappa shape index (κ3) is 5.60. The Morgan fingerprint density at radius 2 is 1.74 bits per heavy atom. The van der Waals surface area contributed by atoms with Gasteiger partial charge in [-0.25, -0.2) is 13.1 Å². The molecule has 0 aromatic heterocycles. The van der Waals surface area contributed by atoms with E-state index in [4.69, 9.17) is 0 Å². The molecule has 0 saturated carbocycles. The van der Waals surface area contributed by atoms with Gasteiger partial charge >= 0.3 is 0 Å². The Kier molecular flexibility index (Phi) is 6.99. The van der Waals surface area contributed by atoms with Crippen LogP contribution in [0.15, 0.2) is 33.6 Å². The quantitative estimate of drug-likeness (QED) is 0.689. The van der Waals surface area contributed by atoms with Gasteiger partial charge in [-0.15, -0.1) is 0 Å². The molecule has 0 fully saturated rings. The minimum Gasteiger partial charge on any atom is -0.335 e. The molecule has 0 amide bonds. The molecule has 0 heterocycles. The maximum absolute atomic E-state index is 12.0. The molecule has 0 spiro atoms. The van der Waals surface area contributed by atoms with Crippen LogP contribution in [0.2, 0.25) is 0 Å². The van der Waals surface area contributed by atoms with Gasteiger partial charge in [-0.2, -0.15) is 0 Å². The molecule has 0 aliphatic rings. The lowest BCUT2D eigenvalue weighted by molar-refractivity contribution is -0.896. The van der Waals surface area contributed by atoms with Crippen LogP contribution >= 0.6 is 15.9 Å². The maximum atomic E-state index is 12.0. The smallest absolute Gasteiger partial charge is 0.240 e. The monoisotopic (exact) mass is 349 g/mol. The fourth-order valence-electron chi connectivity index (χ4n) is 1.85. The molecule has 1 rings (SSSR count). The van der Waals surface area contributed by atoms with Gasteiger partial charge in [0.15, 0.2) is 0 Å². The van der Waals surface area contributed by atoms with Crippen molar-refractivity contribution in [2.75, 3.05) is 26.2 Å². The highest BCUT2D eigenvalue weighted by Gasteiger charge is 2.13. The van der Waals surface area contributed by atoms with Crippen LogP contribution in [-0.4, -0.2) is 34.6 Å². The number of hydrogen-bond donors (Lipinski definition) is 2. The Labute approximate surface area is 124 Å². The highest BCUT2D eigenvalue weighted by atomic mass is 79.9. The lowest BCUT2D eigenvalue weighted by Gasteiger charge is -2.15. The average Bonchev–Trinajstić information content (AvgIpc) is 2.39. The lowest BCUT2D eigenvalue weighted by Crippen LogP contribution is -3.11. The lowest BCUT2D eigenvalue weighted by atomic mass is 10.4. The third-order valence-corrected chi connectivity index (χ3v) is 5.13. The van der Waals surface area contributed by atoms with Gasteiger partial charge in [-0.05, 0) is 38.1 Å². The average molecular weight is 350 g/mol. The minimum absolute atomic E-state index is 0.311. The summed E-state index contributed by atoms with van der Waals surface area (Å²) in [5.74, 6) is 0. The predicted octanol–water partition coefficient (Wildman–Crippen LogP) is 1.04. The number of halogens is 1. The van der Waals surface area contributed by atoms with Crippen LogP contribution in [0.5, 0.6) is 0 Å². The largest absolute Gasteiger partial charge is 0.335 e. The van der Waals surface area contributed by atoms with Gasteiger partial charge in [0.25, 0.3) is 0 Å². The fraction of sp³-hybridized carbons (Fsp3) is 0.538. The molecule has 108 valence electrons. The minimum atomic E-state index is -3.37. The Balaban J connectivity index is 2.45. The third-order valence-electron chi connectivity index (χ3n) is 3.12. The molecule has 0 atom stereocenters. The number of nitrogens with one attached hydrogen (secondary N) is 2. The van der Waals surface area contributed by atoms with Crippen molar-refractivity contribution in [3.8, 4) is 0 Å². The van der Waals surface area contributed by atoms with Crippen LogP contribution in [0.1, 0.15) is 20.3 Å². The summed E-state index contributed by atoms with van der Waals surface area (Å²) in [6.07, 6.45) is 0.854. The van der Waals surface area contributed by atoms with Crippen LogP contribution in [0.25, 0.3) is 0 Å². The van der Waals surface area contributed by atoms with E-state index in [0.29, 0.717) is 11.4 Å². The summed E-state index contributed by atoms with van der Waals surface area (Å²) in [5, 5.41) is 0. The molecule has 0 aliphatic heterocycles. The highest BCUT2D eigenvalue weighted by Crippen LogP contribution is 2.14. The molecule has 19 heavy (non-hydrogen) atoms. The predicted molar refractivity (Wildman–Crippen MR) is 80.9 cm³/mol.